The Morgan fingerprint density at radius 3 is 2.59 bits per heavy atom. The highest BCUT2D eigenvalue weighted by molar-refractivity contribution is 5.51. The number of nitriles is 1. The number of anilines is 1. The zero-order valence-corrected chi connectivity index (χ0v) is 10.9. The molecule has 0 atom stereocenters. The maximum atomic E-state index is 8.92. The highest BCUT2D eigenvalue weighted by Crippen LogP contribution is 2.17. The van der Waals surface area contributed by atoms with Gasteiger partial charge in [0.2, 0.25) is 0 Å². The fraction of sp³-hybridized carbons (Fsp3) is 0.533. The first-order valence-electron chi connectivity index (χ1n) is 6.57. The van der Waals surface area contributed by atoms with Crippen molar-refractivity contribution in [3.63, 3.8) is 0 Å². The Bertz CT molecular complexity index is 365. The standard InChI is InChI=1S/C15H22N2/c1-3-5-6-11-17(10-4-2)15-9-7-8-14(12-15)13-16/h7-9,12H,3-6,10-11H2,1-2H3. The van der Waals surface area contributed by atoms with Crippen LogP contribution in [-0.4, -0.2) is 13.1 Å². The van der Waals surface area contributed by atoms with Crippen LogP contribution in [0.2, 0.25) is 0 Å². The van der Waals surface area contributed by atoms with Gasteiger partial charge in [-0.05, 0) is 31.0 Å². The van der Waals surface area contributed by atoms with Crippen LogP contribution in [0.4, 0.5) is 5.69 Å². The lowest BCUT2D eigenvalue weighted by molar-refractivity contribution is 0.668. The molecule has 0 heterocycles. The SMILES string of the molecule is CCCCCN(CCC)c1cccc(C#N)c1. The van der Waals surface area contributed by atoms with Gasteiger partial charge in [0.15, 0.2) is 0 Å². The number of nitrogens with zero attached hydrogens (tertiary/aromatic N) is 2. The van der Waals surface area contributed by atoms with Crippen molar-refractivity contribution < 1.29 is 0 Å². The van der Waals surface area contributed by atoms with Gasteiger partial charge in [0.1, 0.15) is 0 Å². The molecule has 0 spiro atoms. The third-order valence-corrected chi connectivity index (χ3v) is 2.87. The Kier molecular flexibility index (Phi) is 6.17. The van der Waals surface area contributed by atoms with E-state index in [2.05, 4.69) is 30.9 Å². The van der Waals surface area contributed by atoms with Crippen LogP contribution in [0.3, 0.4) is 0 Å². The Morgan fingerprint density at radius 2 is 1.94 bits per heavy atom. The van der Waals surface area contributed by atoms with Gasteiger partial charge in [0, 0.05) is 18.8 Å². The maximum Gasteiger partial charge on any atom is 0.0992 e. The Labute approximate surface area is 105 Å². The van der Waals surface area contributed by atoms with Gasteiger partial charge < -0.3 is 4.90 Å². The van der Waals surface area contributed by atoms with E-state index in [0.717, 1.165) is 25.1 Å². The van der Waals surface area contributed by atoms with E-state index in [-0.39, 0.29) is 0 Å². The van der Waals surface area contributed by atoms with Crippen molar-refractivity contribution in [2.75, 3.05) is 18.0 Å². The van der Waals surface area contributed by atoms with Gasteiger partial charge in [-0.25, -0.2) is 0 Å². The summed E-state index contributed by atoms with van der Waals surface area (Å²) in [6.07, 6.45) is 4.90. The predicted molar refractivity (Wildman–Crippen MR) is 73.2 cm³/mol. The van der Waals surface area contributed by atoms with Gasteiger partial charge in [-0.1, -0.05) is 32.8 Å². The summed E-state index contributed by atoms with van der Waals surface area (Å²) in [4.78, 5) is 2.39. The Balaban J connectivity index is 2.70. The molecule has 0 unspecified atom stereocenters. The third kappa shape index (κ3) is 4.48. The fourth-order valence-electron chi connectivity index (χ4n) is 1.96. The molecule has 0 saturated carbocycles. The van der Waals surface area contributed by atoms with E-state index in [0.29, 0.717) is 0 Å². The van der Waals surface area contributed by atoms with E-state index < -0.39 is 0 Å². The van der Waals surface area contributed by atoms with Crippen molar-refractivity contribution in [1.29, 1.82) is 5.26 Å². The summed E-state index contributed by atoms with van der Waals surface area (Å²) >= 11 is 0. The fourth-order valence-corrected chi connectivity index (χ4v) is 1.96. The molecule has 0 bridgehead atoms. The van der Waals surface area contributed by atoms with Crippen molar-refractivity contribution in [2.45, 2.75) is 39.5 Å². The number of hydrogen-bond acceptors (Lipinski definition) is 2. The van der Waals surface area contributed by atoms with Crippen LogP contribution in [0.1, 0.15) is 45.1 Å². The highest BCUT2D eigenvalue weighted by atomic mass is 15.1. The van der Waals surface area contributed by atoms with Crippen LogP contribution in [0, 0.1) is 11.3 Å². The van der Waals surface area contributed by atoms with Crippen molar-refractivity contribution in [2.24, 2.45) is 0 Å². The molecular weight excluding hydrogens is 208 g/mol. The normalized spacial score (nSPS) is 9.94. The largest absolute Gasteiger partial charge is 0.372 e. The molecule has 0 N–H and O–H groups in total. The lowest BCUT2D eigenvalue weighted by atomic mass is 10.1. The molecule has 92 valence electrons. The molecule has 1 rings (SSSR count). The number of unbranched alkanes of at least 4 members (excludes halogenated alkanes) is 2. The smallest absolute Gasteiger partial charge is 0.0992 e. The molecule has 1 aromatic rings. The minimum Gasteiger partial charge on any atom is -0.372 e. The van der Waals surface area contributed by atoms with E-state index in [4.69, 9.17) is 5.26 Å². The minimum atomic E-state index is 0.749. The summed E-state index contributed by atoms with van der Waals surface area (Å²) in [5.41, 5.74) is 1.93. The van der Waals surface area contributed by atoms with Crippen LogP contribution >= 0.6 is 0 Å². The van der Waals surface area contributed by atoms with Crippen LogP contribution in [-0.2, 0) is 0 Å². The second-order valence-electron chi connectivity index (χ2n) is 4.36. The van der Waals surface area contributed by atoms with Gasteiger partial charge in [0.25, 0.3) is 0 Å². The third-order valence-electron chi connectivity index (χ3n) is 2.87. The molecule has 0 saturated heterocycles. The zero-order chi connectivity index (χ0) is 12.5. The lowest BCUT2D eigenvalue weighted by Crippen LogP contribution is -2.25. The highest BCUT2D eigenvalue weighted by Gasteiger charge is 2.05. The van der Waals surface area contributed by atoms with Crippen molar-refractivity contribution in [3.8, 4) is 6.07 Å². The Morgan fingerprint density at radius 1 is 1.12 bits per heavy atom. The molecule has 0 radical (unpaired) electrons. The van der Waals surface area contributed by atoms with Gasteiger partial charge in [0.05, 0.1) is 11.6 Å². The molecule has 0 fully saturated rings. The first kappa shape index (κ1) is 13.6. The molecule has 0 aliphatic carbocycles. The van der Waals surface area contributed by atoms with E-state index >= 15 is 0 Å². The summed E-state index contributed by atoms with van der Waals surface area (Å²) in [6, 6.07) is 10.1. The summed E-state index contributed by atoms with van der Waals surface area (Å²) in [5.74, 6) is 0. The first-order valence-corrected chi connectivity index (χ1v) is 6.57. The van der Waals surface area contributed by atoms with Crippen molar-refractivity contribution in [3.05, 3.63) is 29.8 Å². The van der Waals surface area contributed by atoms with Crippen LogP contribution in [0.15, 0.2) is 24.3 Å². The molecule has 0 aliphatic heterocycles. The summed E-state index contributed by atoms with van der Waals surface area (Å²) < 4.78 is 0. The Hall–Kier alpha value is -1.49. The molecule has 1 aromatic carbocycles. The predicted octanol–water partition coefficient (Wildman–Crippen LogP) is 3.96. The van der Waals surface area contributed by atoms with Gasteiger partial charge in [-0.15, -0.1) is 0 Å². The van der Waals surface area contributed by atoms with Crippen LogP contribution in [0.5, 0.6) is 0 Å². The molecule has 2 nitrogen and oxygen atoms in total. The first-order chi connectivity index (χ1) is 8.31. The summed E-state index contributed by atoms with van der Waals surface area (Å²) in [5, 5.41) is 8.92. The topological polar surface area (TPSA) is 27.0 Å². The maximum absolute atomic E-state index is 8.92. The molecule has 0 aliphatic rings. The van der Waals surface area contributed by atoms with Crippen LogP contribution < -0.4 is 4.90 Å². The summed E-state index contributed by atoms with van der Waals surface area (Å²) in [7, 11) is 0. The van der Waals surface area contributed by atoms with Crippen LogP contribution in [0.25, 0.3) is 0 Å². The molecule has 2 heteroatoms. The number of rotatable bonds is 7. The molecule has 0 aromatic heterocycles. The van der Waals surface area contributed by atoms with Gasteiger partial charge >= 0.3 is 0 Å². The second kappa shape index (κ2) is 7.73. The quantitative estimate of drug-likeness (QED) is 0.663. The average Bonchev–Trinajstić information content (AvgIpc) is 2.38. The number of hydrogen-bond donors (Lipinski definition) is 0. The van der Waals surface area contributed by atoms with Gasteiger partial charge in [-0.3, -0.25) is 0 Å². The number of benzene rings is 1. The second-order valence-corrected chi connectivity index (χ2v) is 4.36. The van der Waals surface area contributed by atoms with E-state index in [1.807, 2.05) is 18.2 Å². The zero-order valence-electron chi connectivity index (χ0n) is 10.9. The van der Waals surface area contributed by atoms with Crippen molar-refractivity contribution in [1.82, 2.24) is 0 Å². The lowest BCUT2D eigenvalue weighted by Gasteiger charge is -2.24. The monoisotopic (exact) mass is 230 g/mol. The van der Waals surface area contributed by atoms with E-state index in [9.17, 15) is 0 Å². The van der Waals surface area contributed by atoms with E-state index in [1.54, 1.807) is 0 Å². The molecule has 0 amide bonds. The summed E-state index contributed by atoms with van der Waals surface area (Å²) in [6.45, 7) is 6.58. The van der Waals surface area contributed by atoms with E-state index in [1.165, 1.54) is 24.9 Å². The van der Waals surface area contributed by atoms with Gasteiger partial charge in [-0.2, -0.15) is 5.26 Å². The van der Waals surface area contributed by atoms with Crippen molar-refractivity contribution >= 4 is 5.69 Å². The minimum absolute atomic E-state index is 0.749. The average molecular weight is 230 g/mol. The molecular formula is C15H22N2. The molecule has 17 heavy (non-hydrogen) atoms.